The quantitative estimate of drug-likeness (QED) is 0.641. The van der Waals surface area contributed by atoms with E-state index in [1.54, 1.807) is 7.11 Å². The number of amides is 1. The van der Waals surface area contributed by atoms with Crippen molar-refractivity contribution < 1.29 is 9.53 Å². The minimum Gasteiger partial charge on any atom is -0.495 e. The normalized spacial score (nSPS) is 11.5. The average Bonchev–Trinajstić information content (AvgIpc) is 2.70. The lowest BCUT2D eigenvalue weighted by Crippen LogP contribution is -2.32. The Labute approximate surface area is 160 Å². The molecule has 2 N–H and O–H groups in total. The van der Waals surface area contributed by atoms with E-state index in [0.717, 1.165) is 17.7 Å². The SMILES string of the molecule is COc1ccccc1NC(=O)C(C)Nc1ccccc1Cc1ccccc1. The van der Waals surface area contributed by atoms with Gasteiger partial charge in [-0.15, -0.1) is 0 Å². The van der Waals surface area contributed by atoms with E-state index in [-0.39, 0.29) is 5.91 Å². The molecule has 1 unspecified atom stereocenters. The number of hydrogen-bond donors (Lipinski definition) is 2. The lowest BCUT2D eigenvalue weighted by molar-refractivity contribution is -0.116. The molecule has 0 aliphatic carbocycles. The Balaban J connectivity index is 1.70. The molecule has 4 heteroatoms. The Bertz CT molecular complexity index is 894. The molecular weight excluding hydrogens is 336 g/mol. The van der Waals surface area contributed by atoms with Crippen LogP contribution in [-0.4, -0.2) is 19.1 Å². The monoisotopic (exact) mass is 360 g/mol. The topological polar surface area (TPSA) is 50.4 Å². The highest BCUT2D eigenvalue weighted by molar-refractivity contribution is 5.97. The van der Waals surface area contributed by atoms with Crippen molar-refractivity contribution in [2.45, 2.75) is 19.4 Å². The van der Waals surface area contributed by atoms with Crippen molar-refractivity contribution in [1.82, 2.24) is 0 Å². The fraction of sp³-hybridized carbons (Fsp3) is 0.174. The molecule has 0 saturated heterocycles. The summed E-state index contributed by atoms with van der Waals surface area (Å²) in [7, 11) is 1.59. The van der Waals surface area contributed by atoms with Crippen molar-refractivity contribution >= 4 is 17.3 Å². The number of carbonyl (C=O) groups is 1. The first kappa shape index (κ1) is 18.5. The number of ether oxygens (including phenoxy) is 1. The Hall–Kier alpha value is -3.27. The predicted octanol–water partition coefficient (Wildman–Crippen LogP) is 4.73. The van der Waals surface area contributed by atoms with Crippen LogP contribution in [0.5, 0.6) is 5.75 Å². The lowest BCUT2D eigenvalue weighted by atomic mass is 10.0. The number of carbonyl (C=O) groups excluding carboxylic acids is 1. The fourth-order valence-corrected chi connectivity index (χ4v) is 2.92. The molecule has 0 aliphatic rings. The Morgan fingerprint density at radius 1 is 0.889 bits per heavy atom. The molecule has 1 amide bonds. The molecule has 138 valence electrons. The van der Waals surface area contributed by atoms with E-state index in [2.05, 4.69) is 28.8 Å². The van der Waals surface area contributed by atoms with Crippen molar-refractivity contribution in [3.8, 4) is 5.75 Å². The van der Waals surface area contributed by atoms with Gasteiger partial charge in [0.15, 0.2) is 0 Å². The summed E-state index contributed by atoms with van der Waals surface area (Å²) in [5, 5.41) is 6.26. The third kappa shape index (κ3) is 4.88. The molecule has 0 fully saturated rings. The number of anilines is 2. The fourth-order valence-electron chi connectivity index (χ4n) is 2.92. The molecule has 3 aromatic carbocycles. The van der Waals surface area contributed by atoms with Crippen LogP contribution in [0.3, 0.4) is 0 Å². The van der Waals surface area contributed by atoms with Crippen LogP contribution in [0.2, 0.25) is 0 Å². The Kier molecular flexibility index (Phi) is 6.10. The van der Waals surface area contributed by atoms with Gasteiger partial charge in [0.2, 0.25) is 5.91 Å². The maximum atomic E-state index is 12.6. The van der Waals surface area contributed by atoms with Crippen molar-refractivity contribution in [2.75, 3.05) is 17.7 Å². The predicted molar refractivity (Wildman–Crippen MR) is 110 cm³/mol. The summed E-state index contributed by atoms with van der Waals surface area (Å²) >= 11 is 0. The van der Waals surface area contributed by atoms with E-state index in [9.17, 15) is 4.79 Å². The largest absolute Gasteiger partial charge is 0.495 e. The first-order valence-corrected chi connectivity index (χ1v) is 8.99. The van der Waals surface area contributed by atoms with Crippen LogP contribution >= 0.6 is 0 Å². The molecule has 27 heavy (non-hydrogen) atoms. The van der Waals surface area contributed by atoms with Crippen LogP contribution in [0.1, 0.15) is 18.1 Å². The second-order valence-electron chi connectivity index (χ2n) is 6.38. The van der Waals surface area contributed by atoms with Crippen LogP contribution in [-0.2, 0) is 11.2 Å². The Morgan fingerprint density at radius 3 is 2.26 bits per heavy atom. The zero-order valence-electron chi connectivity index (χ0n) is 15.6. The molecule has 0 aliphatic heterocycles. The molecule has 0 heterocycles. The van der Waals surface area contributed by atoms with Gasteiger partial charge in [0.25, 0.3) is 0 Å². The smallest absolute Gasteiger partial charge is 0.246 e. The van der Waals surface area contributed by atoms with E-state index in [1.807, 2.05) is 67.6 Å². The first-order chi connectivity index (χ1) is 13.2. The van der Waals surface area contributed by atoms with Gasteiger partial charge in [-0.05, 0) is 42.7 Å². The lowest BCUT2D eigenvalue weighted by Gasteiger charge is -2.19. The highest BCUT2D eigenvalue weighted by Gasteiger charge is 2.16. The molecule has 4 nitrogen and oxygen atoms in total. The molecular formula is C23H24N2O2. The molecule has 3 aromatic rings. The van der Waals surface area contributed by atoms with E-state index in [4.69, 9.17) is 4.74 Å². The summed E-state index contributed by atoms with van der Waals surface area (Å²) in [6, 6.07) is 25.4. The summed E-state index contributed by atoms with van der Waals surface area (Å²) in [5.41, 5.74) is 4.01. The first-order valence-electron chi connectivity index (χ1n) is 8.99. The van der Waals surface area contributed by atoms with Crippen molar-refractivity contribution in [2.24, 2.45) is 0 Å². The number of methoxy groups -OCH3 is 1. The van der Waals surface area contributed by atoms with E-state index >= 15 is 0 Å². The summed E-state index contributed by atoms with van der Waals surface area (Å²) in [5.74, 6) is 0.525. The maximum Gasteiger partial charge on any atom is 0.246 e. The summed E-state index contributed by atoms with van der Waals surface area (Å²) in [6.07, 6.45) is 0.810. The van der Waals surface area contributed by atoms with E-state index < -0.39 is 6.04 Å². The number of rotatable bonds is 7. The average molecular weight is 360 g/mol. The van der Waals surface area contributed by atoms with Gasteiger partial charge in [0.1, 0.15) is 11.8 Å². The zero-order valence-corrected chi connectivity index (χ0v) is 15.6. The highest BCUT2D eigenvalue weighted by atomic mass is 16.5. The second kappa shape index (κ2) is 8.90. The molecule has 0 spiro atoms. The summed E-state index contributed by atoms with van der Waals surface area (Å²) < 4.78 is 5.29. The minimum atomic E-state index is -0.396. The molecule has 0 radical (unpaired) electrons. The Morgan fingerprint density at radius 2 is 1.52 bits per heavy atom. The standard InChI is InChI=1S/C23H24N2O2/c1-17(23(26)25-21-14-8-9-15-22(21)27-2)24-20-13-7-6-12-19(20)16-18-10-4-3-5-11-18/h3-15,17,24H,16H2,1-2H3,(H,25,26). The van der Waals surface area contributed by atoms with Gasteiger partial charge in [0.05, 0.1) is 12.8 Å². The summed E-state index contributed by atoms with van der Waals surface area (Å²) in [6.45, 7) is 1.85. The van der Waals surface area contributed by atoms with Crippen LogP contribution in [0.25, 0.3) is 0 Å². The number of hydrogen-bond acceptors (Lipinski definition) is 3. The second-order valence-corrected chi connectivity index (χ2v) is 6.38. The highest BCUT2D eigenvalue weighted by Crippen LogP contribution is 2.24. The number of benzene rings is 3. The van der Waals surface area contributed by atoms with Gasteiger partial charge >= 0.3 is 0 Å². The molecule has 1 atom stereocenters. The van der Waals surface area contributed by atoms with Crippen LogP contribution in [0, 0.1) is 0 Å². The van der Waals surface area contributed by atoms with Crippen LogP contribution in [0.15, 0.2) is 78.9 Å². The molecule has 0 bridgehead atoms. The van der Waals surface area contributed by atoms with Crippen molar-refractivity contribution in [3.05, 3.63) is 90.0 Å². The van der Waals surface area contributed by atoms with E-state index in [1.165, 1.54) is 5.56 Å². The summed E-state index contributed by atoms with van der Waals surface area (Å²) in [4.78, 5) is 12.6. The molecule has 3 rings (SSSR count). The van der Waals surface area contributed by atoms with Gasteiger partial charge in [-0.25, -0.2) is 0 Å². The zero-order chi connectivity index (χ0) is 19.1. The van der Waals surface area contributed by atoms with Gasteiger partial charge < -0.3 is 15.4 Å². The van der Waals surface area contributed by atoms with Gasteiger partial charge in [-0.3, -0.25) is 4.79 Å². The van der Waals surface area contributed by atoms with Crippen LogP contribution in [0.4, 0.5) is 11.4 Å². The van der Waals surface area contributed by atoms with Gasteiger partial charge in [0, 0.05) is 5.69 Å². The van der Waals surface area contributed by atoms with Crippen molar-refractivity contribution in [1.29, 1.82) is 0 Å². The number of nitrogens with one attached hydrogen (secondary N) is 2. The maximum absolute atomic E-state index is 12.6. The van der Waals surface area contributed by atoms with Gasteiger partial charge in [-0.2, -0.15) is 0 Å². The van der Waals surface area contributed by atoms with Crippen LogP contribution < -0.4 is 15.4 Å². The number of para-hydroxylation sites is 3. The minimum absolute atomic E-state index is 0.117. The van der Waals surface area contributed by atoms with Crippen molar-refractivity contribution in [3.63, 3.8) is 0 Å². The molecule has 0 aromatic heterocycles. The molecule has 0 saturated carbocycles. The van der Waals surface area contributed by atoms with E-state index in [0.29, 0.717) is 11.4 Å². The van der Waals surface area contributed by atoms with Gasteiger partial charge in [-0.1, -0.05) is 60.7 Å². The third-order valence-corrected chi connectivity index (χ3v) is 4.38. The third-order valence-electron chi connectivity index (χ3n) is 4.38.